The third-order valence-corrected chi connectivity index (χ3v) is 5.77. The Bertz CT molecular complexity index is 808. The van der Waals surface area contributed by atoms with E-state index >= 15 is 0 Å². The van der Waals surface area contributed by atoms with Crippen LogP contribution in [-0.4, -0.2) is 51.9 Å². The summed E-state index contributed by atoms with van der Waals surface area (Å²) in [6, 6.07) is 1.57. The smallest absolute Gasteiger partial charge is 0.273 e. The number of nitrogens with zero attached hydrogens (tertiary/aromatic N) is 2. The number of carbonyl (C=O) groups is 2. The lowest BCUT2D eigenvalue weighted by atomic mass is 9.75. The molecule has 1 saturated heterocycles. The van der Waals surface area contributed by atoms with Gasteiger partial charge in [0.05, 0.1) is 18.8 Å². The predicted octanol–water partition coefficient (Wildman–Crippen LogP) is 1.58. The van der Waals surface area contributed by atoms with Gasteiger partial charge < -0.3 is 20.5 Å². The van der Waals surface area contributed by atoms with Crippen molar-refractivity contribution in [2.24, 2.45) is 11.7 Å². The molecule has 1 aromatic rings. The van der Waals surface area contributed by atoms with Gasteiger partial charge in [-0.2, -0.15) is 0 Å². The highest BCUT2D eigenvalue weighted by atomic mass is 19.3. The van der Waals surface area contributed by atoms with Gasteiger partial charge in [0.1, 0.15) is 11.7 Å². The van der Waals surface area contributed by atoms with Crippen LogP contribution in [0.25, 0.3) is 0 Å². The molecule has 2 aliphatic carbocycles. The van der Waals surface area contributed by atoms with E-state index in [1.165, 1.54) is 6.07 Å². The summed E-state index contributed by atoms with van der Waals surface area (Å²) in [5, 5.41) is 10.7. The molecule has 3 fully saturated rings. The number of primary amides is 1. The molecule has 0 unspecified atom stereocenters. The van der Waals surface area contributed by atoms with Crippen molar-refractivity contribution in [2.45, 2.75) is 56.1 Å². The first-order chi connectivity index (χ1) is 13.2. The van der Waals surface area contributed by atoms with Gasteiger partial charge in [-0.1, -0.05) is 0 Å². The highest BCUT2D eigenvalue weighted by Gasteiger charge is 2.50. The Labute approximate surface area is 160 Å². The molecule has 4 rings (SSSR count). The molecule has 9 heteroatoms. The monoisotopic (exact) mass is 395 g/mol. The number of carbonyl (C=O) groups excluding carboxylic acids is 2. The second-order valence-corrected chi connectivity index (χ2v) is 8.10. The minimum atomic E-state index is -3.18. The van der Waals surface area contributed by atoms with Crippen LogP contribution in [0.2, 0.25) is 0 Å². The summed E-state index contributed by atoms with van der Waals surface area (Å²) in [5.41, 5.74) is 4.57. The van der Waals surface area contributed by atoms with Crippen LogP contribution in [0, 0.1) is 5.92 Å². The molecule has 0 radical (unpaired) electrons. The normalized spacial score (nSPS) is 25.2. The molecule has 0 aromatic carbocycles. The van der Waals surface area contributed by atoms with Gasteiger partial charge in [-0.15, -0.1) is 0 Å². The van der Waals surface area contributed by atoms with Crippen molar-refractivity contribution < 1.29 is 28.2 Å². The Hall–Kier alpha value is -2.29. The molecule has 0 bridgehead atoms. The summed E-state index contributed by atoms with van der Waals surface area (Å²) >= 11 is 0. The van der Waals surface area contributed by atoms with Crippen molar-refractivity contribution in [3.8, 4) is 5.88 Å². The third kappa shape index (κ3) is 3.55. The van der Waals surface area contributed by atoms with Gasteiger partial charge in [0.25, 0.3) is 11.8 Å². The summed E-state index contributed by atoms with van der Waals surface area (Å²) in [6.45, 7) is -0.454. The van der Waals surface area contributed by atoms with Gasteiger partial charge in [-0.05, 0) is 50.2 Å². The maximum absolute atomic E-state index is 13.8. The first-order valence-electron chi connectivity index (χ1n) is 9.53. The van der Waals surface area contributed by atoms with Crippen LogP contribution < -0.4 is 10.5 Å². The number of halogens is 2. The maximum atomic E-state index is 13.8. The van der Waals surface area contributed by atoms with E-state index in [-0.39, 0.29) is 11.6 Å². The first kappa shape index (κ1) is 19.0. The molecule has 152 valence electrons. The number of hydrogen-bond acceptors (Lipinski definition) is 5. The van der Waals surface area contributed by atoms with E-state index in [4.69, 9.17) is 10.5 Å². The number of pyridine rings is 1. The minimum absolute atomic E-state index is 0.110. The lowest BCUT2D eigenvalue weighted by molar-refractivity contribution is -0.121. The van der Waals surface area contributed by atoms with Crippen molar-refractivity contribution >= 4 is 11.8 Å². The van der Waals surface area contributed by atoms with Gasteiger partial charge in [-0.3, -0.25) is 9.59 Å². The van der Waals surface area contributed by atoms with Crippen molar-refractivity contribution in [1.82, 2.24) is 9.88 Å². The molecule has 2 heterocycles. The second-order valence-electron chi connectivity index (χ2n) is 8.10. The molecule has 2 saturated carbocycles. The molecule has 1 atom stereocenters. The average molecular weight is 395 g/mol. The zero-order valence-electron chi connectivity index (χ0n) is 15.4. The zero-order valence-corrected chi connectivity index (χ0v) is 15.4. The number of rotatable bonds is 6. The van der Waals surface area contributed by atoms with Crippen LogP contribution in [0.3, 0.4) is 0 Å². The quantitative estimate of drug-likeness (QED) is 0.761. The number of hydrogen-bond donors (Lipinski definition) is 2. The Balaban J connectivity index is 1.62. The number of aliphatic hydroxyl groups is 1. The van der Waals surface area contributed by atoms with E-state index in [2.05, 4.69) is 4.98 Å². The number of likely N-dealkylation sites (tertiary alicyclic amines) is 1. The fraction of sp³-hybridized carbons (Fsp3) is 0.632. The molecular formula is C19H23F2N3O4. The summed E-state index contributed by atoms with van der Waals surface area (Å²) in [7, 11) is 0. The van der Waals surface area contributed by atoms with E-state index in [0.717, 1.165) is 24.2 Å². The van der Waals surface area contributed by atoms with Crippen LogP contribution in [0.4, 0.5) is 8.78 Å². The summed E-state index contributed by atoms with van der Waals surface area (Å²) in [5.74, 6) is -4.37. The van der Waals surface area contributed by atoms with Crippen molar-refractivity contribution in [1.29, 1.82) is 0 Å². The van der Waals surface area contributed by atoms with Crippen LogP contribution in [0.5, 0.6) is 5.88 Å². The van der Waals surface area contributed by atoms with Crippen molar-refractivity contribution in [2.75, 3.05) is 13.2 Å². The summed E-state index contributed by atoms with van der Waals surface area (Å²) in [6.07, 6.45) is 3.34. The largest absolute Gasteiger partial charge is 0.477 e. The number of ether oxygens (including phenoxy) is 1. The zero-order chi connectivity index (χ0) is 20.1. The van der Waals surface area contributed by atoms with Gasteiger partial charge in [-0.25, -0.2) is 13.8 Å². The molecular weight excluding hydrogens is 372 g/mol. The number of amides is 2. The first-order valence-corrected chi connectivity index (χ1v) is 9.53. The van der Waals surface area contributed by atoms with Gasteiger partial charge in [0.2, 0.25) is 11.8 Å². The highest BCUT2D eigenvalue weighted by molar-refractivity contribution is 5.96. The minimum Gasteiger partial charge on any atom is -0.477 e. The lowest BCUT2D eigenvalue weighted by Gasteiger charge is -2.37. The van der Waals surface area contributed by atoms with E-state index in [9.17, 15) is 23.5 Å². The fourth-order valence-corrected chi connectivity index (χ4v) is 3.72. The van der Waals surface area contributed by atoms with Crippen LogP contribution in [0.1, 0.15) is 54.6 Å². The Morgan fingerprint density at radius 3 is 2.61 bits per heavy atom. The lowest BCUT2D eigenvalue weighted by Crippen LogP contribution is -2.44. The molecule has 1 aliphatic heterocycles. The highest BCUT2D eigenvalue weighted by Crippen LogP contribution is 2.45. The molecule has 3 N–H and O–H groups in total. The van der Waals surface area contributed by atoms with Crippen LogP contribution in [-0.2, 0) is 10.4 Å². The van der Waals surface area contributed by atoms with Gasteiger partial charge in [0.15, 0.2) is 0 Å². The van der Waals surface area contributed by atoms with Crippen molar-refractivity contribution in [3.05, 3.63) is 23.4 Å². The van der Waals surface area contributed by atoms with E-state index in [1.807, 2.05) is 0 Å². The van der Waals surface area contributed by atoms with Crippen LogP contribution in [0.15, 0.2) is 12.1 Å². The Morgan fingerprint density at radius 1 is 1.32 bits per heavy atom. The summed E-state index contributed by atoms with van der Waals surface area (Å²) in [4.78, 5) is 29.3. The van der Waals surface area contributed by atoms with Gasteiger partial charge in [0, 0.05) is 12.0 Å². The van der Waals surface area contributed by atoms with Crippen molar-refractivity contribution in [3.63, 3.8) is 0 Å². The molecule has 3 aliphatic rings. The van der Waals surface area contributed by atoms with E-state index < -0.39 is 42.3 Å². The standard InChI is InChI=1S/C19H23F2N3O4/c20-19(21)8-14(15(22)25)24(10-19)17(26)13-5-4-12(18(27)6-1-7-18)16(23-13)28-9-11-2-3-11/h4-5,11,14,27H,1-3,6-10H2,(H2,22,25)/t14-/m0/s1. The third-order valence-electron chi connectivity index (χ3n) is 5.77. The second kappa shape index (κ2) is 6.65. The van der Waals surface area contributed by atoms with E-state index in [1.54, 1.807) is 6.07 Å². The van der Waals surface area contributed by atoms with E-state index in [0.29, 0.717) is 30.9 Å². The molecule has 1 aromatic heterocycles. The maximum Gasteiger partial charge on any atom is 0.273 e. The molecule has 2 amide bonds. The Morgan fingerprint density at radius 2 is 2.04 bits per heavy atom. The predicted molar refractivity (Wildman–Crippen MR) is 93.8 cm³/mol. The SMILES string of the molecule is NC(=O)[C@@H]1CC(F)(F)CN1C(=O)c1ccc(C2(O)CCC2)c(OCC2CC2)n1. The average Bonchev–Trinajstić information content (AvgIpc) is 3.38. The number of nitrogens with two attached hydrogens (primary N) is 1. The summed E-state index contributed by atoms with van der Waals surface area (Å²) < 4.78 is 33.3. The van der Waals surface area contributed by atoms with Crippen LogP contribution >= 0.6 is 0 Å². The molecule has 7 nitrogen and oxygen atoms in total. The topological polar surface area (TPSA) is 106 Å². The fourth-order valence-electron chi connectivity index (χ4n) is 3.72. The molecule has 0 spiro atoms. The Kier molecular flexibility index (Phi) is 4.52. The number of alkyl halides is 2. The van der Waals surface area contributed by atoms with Gasteiger partial charge >= 0.3 is 0 Å². The molecule has 28 heavy (non-hydrogen) atoms. The number of aromatic nitrogens is 1.